The van der Waals surface area contributed by atoms with Crippen LogP contribution in [-0.2, 0) is 4.79 Å². The predicted octanol–water partition coefficient (Wildman–Crippen LogP) is 2.73. The van der Waals surface area contributed by atoms with Crippen molar-refractivity contribution in [3.05, 3.63) is 65.7 Å². The number of carbonyl (C=O) groups excluding carboxylic acids is 3. The molecule has 27 heavy (non-hydrogen) atoms. The van der Waals surface area contributed by atoms with E-state index in [0.717, 1.165) is 12.8 Å². The Balaban J connectivity index is 1.46. The van der Waals surface area contributed by atoms with Gasteiger partial charge in [-0.2, -0.15) is 0 Å². The first-order valence-electron chi connectivity index (χ1n) is 9.08. The van der Waals surface area contributed by atoms with E-state index in [1.807, 2.05) is 6.07 Å². The molecule has 3 rings (SSSR count). The zero-order chi connectivity index (χ0) is 19.2. The molecular weight excluding hydrogens is 342 g/mol. The van der Waals surface area contributed by atoms with E-state index < -0.39 is 0 Å². The lowest BCUT2D eigenvalue weighted by Crippen LogP contribution is -2.35. The van der Waals surface area contributed by atoms with Crippen LogP contribution < -0.4 is 16.0 Å². The molecule has 6 nitrogen and oxygen atoms in total. The van der Waals surface area contributed by atoms with Crippen LogP contribution in [0.5, 0.6) is 0 Å². The van der Waals surface area contributed by atoms with E-state index in [2.05, 4.69) is 16.0 Å². The Labute approximate surface area is 158 Å². The van der Waals surface area contributed by atoms with Crippen LogP contribution in [0.4, 0.5) is 5.69 Å². The molecular formula is C21H23N3O3. The van der Waals surface area contributed by atoms with E-state index in [1.165, 1.54) is 0 Å². The number of amides is 3. The highest BCUT2D eigenvalue weighted by Crippen LogP contribution is 2.19. The summed E-state index contributed by atoms with van der Waals surface area (Å²) in [6.45, 7) is 1.78. The van der Waals surface area contributed by atoms with Crippen molar-refractivity contribution in [2.75, 3.05) is 5.32 Å². The van der Waals surface area contributed by atoms with Crippen LogP contribution in [0, 0.1) is 0 Å². The second-order valence-corrected chi connectivity index (χ2v) is 6.82. The number of nitrogens with one attached hydrogen (secondary N) is 3. The van der Waals surface area contributed by atoms with E-state index in [9.17, 15) is 14.4 Å². The highest BCUT2D eigenvalue weighted by atomic mass is 16.2. The van der Waals surface area contributed by atoms with Crippen LogP contribution in [0.1, 0.15) is 46.9 Å². The van der Waals surface area contributed by atoms with Gasteiger partial charge in [0.05, 0.1) is 0 Å². The van der Waals surface area contributed by atoms with Gasteiger partial charge in [0, 0.05) is 35.3 Å². The van der Waals surface area contributed by atoms with Crippen molar-refractivity contribution in [3.63, 3.8) is 0 Å². The van der Waals surface area contributed by atoms with E-state index >= 15 is 0 Å². The van der Waals surface area contributed by atoms with Crippen LogP contribution in [-0.4, -0.2) is 29.8 Å². The molecule has 6 heteroatoms. The molecule has 0 spiro atoms. The fourth-order valence-corrected chi connectivity index (χ4v) is 2.64. The summed E-state index contributed by atoms with van der Waals surface area (Å²) in [6, 6.07) is 15.7. The summed E-state index contributed by atoms with van der Waals surface area (Å²) in [5.41, 5.74) is 1.75. The van der Waals surface area contributed by atoms with E-state index in [0.29, 0.717) is 22.9 Å². The van der Waals surface area contributed by atoms with Crippen molar-refractivity contribution in [2.45, 2.75) is 38.3 Å². The maximum Gasteiger partial charge on any atom is 0.251 e. The highest BCUT2D eigenvalue weighted by molar-refractivity contribution is 5.97. The average Bonchev–Trinajstić information content (AvgIpc) is 3.46. The van der Waals surface area contributed by atoms with Gasteiger partial charge in [0.25, 0.3) is 11.8 Å². The Morgan fingerprint density at radius 2 is 1.56 bits per heavy atom. The second kappa shape index (κ2) is 8.49. The minimum absolute atomic E-state index is 0.0902. The lowest BCUT2D eigenvalue weighted by atomic mass is 10.1. The zero-order valence-corrected chi connectivity index (χ0v) is 15.2. The quantitative estimate of drug-likeness (QED) is 0.705. The summed E-state index contributed by atoms with van der Waals surface area (Å²) in [4.78, 5) is 36.2. The lowest BCUT2D eigenvalue weighted by Gasteiger charge is -2.14. The summed E-state index contributed by atoms with van der Waals surface area (Å²) in [7, 11) is 0. The predicted molar refractivity (Wildman–Crippen MR) is 104 cm³/mol. The Morgan fingerprint density at radius 1 is 0.926 bits per heavy atom. The normalized spacial score (nSPS) is 14.1. The molecule has 0 radical (unpaired) electrons. The number of benzene rings is 2. The van der Waals surface area contributed by atoms with Crippen molar-refractivity contribution >= 4 is 23.4 Å². The molecule has 1 fully saturated rings. The third-order valence-corrected chi connectivity index (χ3v) is 4.25. The summed E-state index contributed by atoms with van der Waals surface area (Å²) < 4.78 is 0. The summed E-state index contributed by atoms with van der Waals surface area (Å²) in [6.07, 6.45) is 2.24. The van der Waals surface area contributed by atoms with Crippen LogP contribution in [0.15, 0.2) is 54.6 Å². The molecule has 3 N–H and O–H groups in total. The first-order valence-corrected chi connectivity index (χ1v) is 9.08. The minimum Gasteiger partial charge on any atom is -0.349 e. The van der Waals surface area contributed by atoms with Gasteiger partial charge in [0.2, 0.25) is 5.91 Å². The van der Waals surface area contributed by atoms with E-state index in [1.54, 1.807) is 55.5 Å². The van der Waals surface area contributed by atoms with Gasteiger partial charge in [-0.1, -0.05) is 18.2 Å². The van der Waals surface area contributed by atoms with Gasteiger partial charge in [-0.25, -0.2) is 0 Å². The van der Waals surface area contributed by atoms with Gasteiger partial charge in [-0.05, 0) is 56.2 Å². The van der Waals surface area contributed by atoms with Crippen molar-refractivity contribution < 1.29 is 14.4 Å². The summed E-state index contributed by atoms with van der Waals surface area (Å²) in [5, 5.41) is 8.51. The van der Waals surface area contributed by atoms with Gasteiger partial charge in [-0.3, -0.25) is 14.4 Å². The fourth-order valence-electron chi connectivity index (χ4n) is 2.64. The molecule has 140 valence electrons. The molecule has 1 saturated carbocycles. The number of hydrogen-bond acceptors (Lipinski definition) is 3. The molecule has 1 aliphatic carbocycles. The molecule has 2 aromatic carbocycles. The molecule has 1 atom stereocenters. The molecule has 0 bridgehead atoms. The number of carbonyl (C=O) groups is 3. The highest BCUT2D eigenvalue weighted by Gasteiger charge is 2.23. The van der Waals surface area contributed by atoms with Crippen LogP contribution >= 0.6 is 0 Å². The van der Waals surface area contributed by atoms with Gasteiger partial charge in [0.1, 0.15) is 0 Å². The van der Waals surface area contributed by atoms with Crippen molar-refractivity contribution in [1.29, 1.82) is 0 Å². The first kappa shape index (κ1) is 18.6. The summed E-state index contributed by atoms with van der Waals surface area (Å²) >= 11 is 0. The lowest BCUT2D eigenvalue weighted by molar-refractivity contribution is -0.116. The third-order valence-electron chi connectivity index (χ3n) is 4.25. The third kappa shape index (κ3) is 5.67. The van der Waals surface area contributed by atoms with Gasteiger partial charge in [-0.15, -0.1) is 0 Å². The number of rotatable bonds is 7. The standard InChI is InChI=1S/C21H23N3O3/c1-14(22-20(26)15-5-3-2-4-6-15)13-19(25)23-17-9-7-16(8-10-17)21(27)24-18-11-12-18/h2-10,14,18H,11-13H2,1H3,(H,22,26)(H,23,25)(H,24,27). The zero-order valence-electron chi connectivity index (χ0n) is 15.2. The summed E-state index contributed by atoms with van der Waals surface area (Å²) in [5.74, 6) is -0.499. The fraction of sp³-hybridized carbons (Fsp3) is 0.286. The molecule has 3 amide bonds. The van der Waals surface area contributed by atoms with Crippen LogP contribution in [0.3, 0.4) is 0 Å². The topological polar surface area (TPSA) is 87.3 Å². The van der Waals surface area contributed by atoms with Crippen LogP contribution in [0.25, 0.3) is 0 Å². The van der Waals surface area contributed by atoms with E-state index in [4.69, 9.17) is 0 Å². The van der Waals surface area contributed by atoms with Gasteiger partial charge < -0.3 is 16.0 Å². The average molecular weight is 365 g/mol. The molecule has 0 aliphatic heterocycles. The Kier molecular flexibility index (Phi) is 5.86. The van der Waals surface area contributed by atoms with E-state index in [-0.39, 0.29) is 30.2 Å². The molecule has 0 aromatic heterocycles. The van der Waals surface area contributed by atoms with Crippen molar-refractivity contribution in [1.82, 2.24) is 10.6 Å². The Hall–Kier alpha value is -3.15. The molecule has 1 aliphatic rings. The van der Waals surface area contributed by atoms with Crippen molar-refractivity contribution in [2.24, 2.45) is 0 Å². The minimum atomic E-state index is -0.304. The second-order valence-electron chi connectivity index (χ2n) is 6.82. The van der Waals surface area contributed by atoms with Gasteiger partial charge in [0.15, 0.2) is 0 Å². The largest absolute Gasteiger partial charge is 0.349 e. The number of anilines is 1. The van der Waals surface area contributed by atoms with Gasteiger partial charge >= 0.3 is 0 Å². The Bertz CT molecular complexity index is 814. The smallest absolute Gasteiger partial charge is 0.251 e. The molecule has 1 unspecified atom stereocenters. The Morgan fingerprint density at radius 3 is 2.19 bits per heavy atom. The molecule has 0 saturated heterocycles. The first-order chi connectivity index (χ1) is 13.0. The molecule has 2 aromatic rings. The maximum absolute atomic E-state index is 12.2. The monoisotopic (exact) mass is 365 g/mol. The number of hydrogen-bond donors (Lipinski definition) is 3. The SMILES string of the molecule is CC(CC(=O)Nc1ccc(C(=O)NC2CC2)cc1)NC(=O)c1ccccc1. The maximum atomic E-state index is 12.2. The molecule has 0 heterocycles. The van der Waals surface area contributed by atoms with Crippen molar-refractivity contribution in [3.8, 4) is 0 Å². The van der Waals surface area contributed by atoms with Crippen LogP contribution in [0.2, 0.25) is 0 Å².